The SMILES string of the molecule is Nc1nc(-c2ccccc2)nc(OCCO)c1-c1nc(-c2cccc([N+](=O)[O-])c2)no1. The largest absolute Gasteiger partial charge is 0.475 e. The van der Waals surface area contributed by atoms with Crippen molar-refractivity contribution in [2.45, 2.75) is 0 Å². The lowest BCUT2D eigenvalue weighted by molar-refractivity contribution is -0.384. The molecule has 0 radical (unpaired) electrons. The molecule has 4 rings (SSSR count). The number of hydrogen-bond acceptors (Lipinski definition) is 10. The summed E-state index contributed by atoms with van der Waals surface area (Å²) in [6.45, 7) is -0.281. The number of nitrogens with two attached hydrogens (primary N) is 1. The summed E-state index contributed by atoms with van der Waals surface area (Å²) in [4.78, 5) is 23.5. The second kappa shape index (κ2) is 8.55. The maximum Gasteiger partial charge on any atom is 0.270 e. The van der Waals surface area contributed by atoms with Gasteiger partial charge in [0.05, 0.1) is 11.5 Å². The summed E-state index contributed by atoms with van der Waals surface area (Å²) in [6.07, 6.45) is 0. The molecule has 0 saturated heterocycles. The summed E-state index contributed by atoms with van der Waals surface area (Å²) in [7, 11) is 0. The minimum absolute atomic E-state index is 0.0217. The Bertz CT molecular complexity index is 1230. The molecule has 0 amide bonds. The lowest BCUT2D eigenvalue weighted by Gasteiger charge is -2.11. The first-order chi connectivity index (χ1) is 15.1. The molecule has 0 aliphatic rings. The van der Waals surface area contributed by atoms with Crippen LogP contribution in [0.1, 0.15) is 0 Å². The fourth-order valence-electron chi connectivity index (χ4n) is 2.82. The number of nitro groups is 1. The minimum Gasteiger partial charge on any atom is -0.475 e. The highest BCUT2D eigenvalue weighted by Gasteiger charge is 2.23. The number of nitrogens with zero attached hydrogens (tertiary/aromatic N) is 5. The Kier molecular flexibility index (Phi) is 5.49. The van der Waals surface area contributed by atoms with E-state index in [4.69, 9.17) is 20.1 Å². The van der Waals surface area contributed by atoms with Crippen molar-refractivity contribution in [1.82, 2.24) is 20.1 Å². The van der Waals surface area contributed by atoms with E-state index in [0.29, 0.717) is 11.4 Å². The van der Waals surface area contributed by atoms with Gasteiger partial charge in [0, 0.05) is 23.3 Å². The third-order valence-electron chi connectivity index (χ3n) is 4.22. The molecular formula is C20H16N6O5. The van der Waals surface area contributed by atoms with E-state index in [0.717, 1.165) is 5.56 Å². The van der Waals surface area contributed by atoms with E-state index in [1.165, 1.54) is 18.2 Å². The number of rotatable bonds is 7. The van der Waals surface area contributed by atoms with E-state index >= 15 is 0 Å². The zero-order valence-electron chi connectivity index (χ0n) is 16.0. The van der Waals surface area contributed by atoms with Gasteiger partial charge in [-0.2, -0.15) is 9.97 Å². The quantitative estimate of drug-likeness (QED) is 0.335. The normalized spacial score (nSPS) is 10.7. The van der Waals surface area contributed by atoms with Crippen molar-refractivity contribution in [3.05, 3.63) is 64.7 Å². The third kappa shape index (κ3) is 4.16. The molecule has 11 heteroatoms. The van der Waals surface area contributed by atoms with E-state index in [2.05, 4.69) is 20.1 Å². The average molecular weight is 420 g/mol. The van der Waals surface area contributed by atoms with Crippen LogP contribution in [0, 0.1) is 10.1 Å². The molecule has 11 nitrogen and oxygen atoms in total. The number of aromatic nitrogens is 4. The van der Waals surface area contributed by atoms with E-state index in [1.54, 1.807) is 6.07 Å². The second-order valence-electron chi connectivity index (χ2n) is 6.28. The molecule has 0 fully saturated rings. The average Bonchev–Trinajstić information content (AvgIpc) is 3.27. The summed E-state index contributed by atoms with van der Waals surface area (Å²) < 4.78 is 10.9. The summed E-state index contributed by atoms with van der Waals surface area (Å²) >= 11 is 0. The van der Waals surface area contributed by atoms with Gasteiger partial charge in [-0.25, -0.2) is 4.98 Å². The third-order valence-corrected chi connectivity index (χ3v) is 4.22. The number of aliphatic hydroxyl groups is 1. The number of benzene rings is 2. The molecule has 2 aromatic heterocycles. The molecule has 0 bridgehead atoms. The molecule has 3 N–H and O–H groups in total. The van der Waals surface area contributed by atoms with Gasteiger partial charge in [-0.3, -0.25) is 10.1 Å². The van der Waals surface area contributed by atoms with Gasteiger partial charge >= 0.3 is 0 Å². The topological polar surface area (TPSA) is 163 Å². The Hall–Kier alpha value is -4.38. The highest BCUT2D eigenvalue weighted by molar-refractivity contribution is 5.76. The molecule has 0 saturated carbocycles. The van der Waals surface area contributed by atoms with Crippen LogP contribution in [0.3, 0.4) is 0 Å². The molecular weight excluding hydrogens is 404 g/mol. The van der Waals surface area contributed by atoms with Gasteiger partial charge in [-0.1, -0.05) is 47.6 Å². The lowest BCUT2D eigenvalue weighted by Crippen LogP contribution is -2.08. The predicted molar refractivity (Wildman–Crippen MR) is 110 cm³/mol. The number of nitro benzene ring substituents is 1. The van der Waals surface area contributed by atoms with Gasteiger partial charge in [-0.05, 0) is 0 Å². The van der Waals surface area contributed by atoms with Crippen LogP contribution in [0.4, 0.5) is 11.5 Å². The van der Waals surface area contributed by atoms with Crippen molar-refractivity contribution in [2.24, 2.45) is 0 Å². The second-order valence-corrected chi connectivity index (χ2v) is 6.28. The standard InChI is InChI=1S/C20H16N6O5/c21-16-15(19(30-10-9-27)23-17(22-16)12-5-2-1-3-6-12)20-24-18(25-31-20)13-7-4-8-14(11-13)26(28)29/h1-8,11,27H,9-10H2,(H2,21,22,23). The number of anilines is 1. The lowest BCUT2D eigenvalue weighted by atomic mass is 10.2. The fourth-order valence-corrected chi connectivity index (χ4v) is 2.82. The number of non-ortho nitro benzene ring substituents is 1. The molecule has 2 aromatic carbocycles. The highest BCUT2D eigenvalue weighted by Crippen LogP contribution is 2.35. The smallest absolute Gasteiger partial charge is 0.270 e. The number of nitrogen functional groups attached to an aromatic ring is 1. The van der Waals surface area contributed by atoms with Crippen molar-refractivity contribution >= 4 is 11.5 Å². The fraction of sp³-hybridized carbons (Fsp3) is 0.100. The molecule has 2 heterocycles. The Morgan fingerprint density at radius 3 is 2.55 bits per heavy atom. The number of ether oxygens (including phenoxy) is 1. The van der Waals surface area contributed by atoms with Crippen LogP contribution in [0.15, 0.2) is 59.1 Å². The van der Waals surface area contributed by atoms with E-state index in [1.807, 2.05) is 30.3 Å². The van der Waals surface area contributed by atoms with Crippen LogP contribution in [-0.2, 0) is 0 Å². The summed E-state index contributed by atoms with van der Waals surface area (Å²) in [6, 6.07) is 15.0. The minimum atomic E-state index is -0.514. The van der Waals surface area contributed by atoms with Gasteiger partial charge in [0.15, 0.2) is 5.82 Å². The van der Waals surface area contributed by atoms with Gasteiger partial charge in [-0.15, -0.1) is 0 Å². The van der Waals surface area contributed by atoms with Gasteiger partial charge in [0.1, 0.15) is 18.0 Å². The van der Waals surface area contributed by atoms with E-state index < -0.39 is 4.92 Å². The van der Waals surface area contributed by atoms with Crippen molar-refractivity contribution in [2.75, 3.05) is 18.9 Å². The van der Waals surface area contributed by atoms with Crippen molar-refractivity contribution in [1.29, 1.82) is 0 Å². The molecule has 0 atom stereocenters. The van der Waals surface area contributed by atoms with Crippen LogP contribution >= 0.6 is 0 Å². The van der Waals surface area contributed by atoms with Crippen LogP contribution < -0.4 is 10.5 Å². The van der Waals surface area contributed by atoms with E-state index in [-0.39, 0.29) is 47.9 Å². The van der Waals surface area contributed by atoms with Crippen molar-refractivity contribution < 1.29 is 19.3 Å². The van der Waals surface area contributed by atoms with Crippen molar-refractivity contribution in [3.8, 4) is 40.1 Å². The van der Waals surface area contributed by atoms with Crippen LogP contribution in [0.5, 0.6) is 5.88 Å². The van der Waals surface area contributed by atoms with E-state index in [9.17, 15) is 10.1 Å². The first-order valence-electron chi connectivity index (χ1n) is 9.12. The Labute approximate surface area is 175 Å². The Morgan fingerprint density at radius 1 is 1.03 bits per heavy atom. The van der Waals surface area contributed by atoms with Crippen LogP contribution in [-0.4, -0.2) is 43.4 Å². The molecule has 156 valence electrons. The van der Waals surface area contributed by atoms with Gasteiger partial charge < -0.3 is 20.1 Å². The predicted octanol–water partition coefficient (Wildman–Crippen LogP) is 2.72. The summed E-state index contributed by atoms with van der Waals surface area (Å²) in [5, 5.41) is 24.1. The number of aliphatic hydroxyl groups excluding tert-OH is 1. The molecule has 0 unspecified atom stereocenters. The highest BCUT2D eigenvalue weighted by atomic mass is 16.6. The monoisotopic (exact) mass is 420 g/mol. The van der Waals surface area contributed by atoms with Gasteiger partial charge in [0.2, 0.25) is 11.7 Å². The Balaban J connectivity index is 1.77. The Morgan fingerprint density at radius 2 is 1.81 bits per heavy atom. The first-order valence-corrected chi connectivity index (χ1v) is 9.12. The zero-order valence-corrected chi connectivity index (χ0v) is 16.0. The summed E-state index contributed by atoms with van der Waals surface area (Å²) in [5.41, 5.74) is 7.33. The maximum atomic E-state index is 11.0. The summed E-state index contributed by atoms with van der Waals surface area (Å²) in [5.74, 6) is 0.531. The molecule has 0 aliphatic carbocycles. The molecule has 0 spiro atoms. The maximum absolute atomic E-state index is 11.0. The zero-order chi connectivity index (χ0) is 21.8. The molecule has 0 aliphatic heterocycles. The van der Waals surface area contributed by atoms with Gasteiger partial charge in [0.25, 0.3) is 11.6 Å². The molecule has 31 heavy (non-hydrogen) atoms. The molecule has 4 aromatic rings. The van der Waals surface area contributed by atoms with Crippen LogP contribution in [0.2, 0.25) is 0 Å². The number of hydrogen-bond donors (Lipinski definition) is 2. The van der Waals surface area contributed by atoms with Crippen LogP contribution in [0.25, 0.3) is 34.2 Å². The first kappa shape index (κ1) is 19.9. The van der Waals surface area contributed by atoms with Crippen molar-refractivity contribution in [3.63, 3.8) is 0 Å².